The van der Waals surface area contributed by atoms with Gasteiger partial charge in [0.1, 0.15) is 0 Å². The Morgan fingerprint density at radius 3 is 2.76 bits per heavy atom. The Morgan fingerprint density at radius 2 is 2.10 bits per heavy atom. The zero-order valence-corrected chi connectivity index (χ0v) is 13.4. The molecule has 0 fully saturated rings. The first-order chi connectivity index (χ1) is 9.91. The van der Waals surface area contributed by atoms with Crippen molar-refractivity contribution < 1.29 is 8.42 Å². The Kier molecular flexibility index (Phi) is 4.82. The molecule has 0 radical (unpaired) electrons. The zero-order valence-electron chi connectivity index (χ0n) is 12.6. The molecule has 6 heteroatoms. The van der Waals surface area contributed by atoms with E-state index in [4.69, 9.17) is 0 Å². The topological polar surface area (TPSA) is 65.2 Å². The second-order valence-electron chi connectivity index (χ2n) is 5.22. The van der Waals surface area contributed by atoms with Crippen molar-refractivity contribution in [1.82, 2.24) is 14.6 Å². The van der Waals surface area contributed by atoms with Gasteiger partial charge in [-0.3, -0.25) is 0 Å². The van der Waals surface area contributed by atoms with Crippen LogP contribution >= 0.6 is 0 Å². The Labute approximate surface area is 125 Å². The lowest BCUT2D eigenvalue weighted by atomic mass is 10.1. The molecule has 2 aromatic rings. The lowest BCUT2D eigenvalue weighted by molar-refractivity contribution is 0.414. The van der Waals surface area contributed by atoms with Crippen molar-refractivity contribution in [2.45, 2.75) is 6.42 Å². The molecule has 0 atom stereocenters. The highest BCUT2D eigenvalue weighted by Gasteiger charge is 2.05. The third kappa shape index (κ3) is 4.17. The van der Waals surface area contributed by atoms with Gasteiger partial charge in [0.25, 0.3) is 0 Å². The normalized spacial score (nSPS) is 12.8. The Bertz CT molecular complexity index is 745. The minimum Gasteiger partial charge on any atom is -0.361 e. The Hall–Kier alpha value is -1.63. The van der Waals surface area contributed by atoms with E-state index >= 15 is 0 Å². The van der Waals surface area contributed by atoms with E-state index in [-0.39, 0.29) is 0 Å². The van der Waals surface area contributed by atoms with E-state index in [1.807, 2.05) is 38.5 Å². The SMILES string of the molecule is CNS(=O)(=O)/C=C/c1ccc2[nH]cc(CCN(C)C)c2c1. The lowest BCUT2D eigenvalue weighted by Gasteiger charge is -2.08. The van der Waals surface area contributed by atoms with Gasteiger partial charge in [-0.05, 0) is 56.9 Å². The van der Waals surface area contributed by atoms with Crippen LogP contribution in [0, 0.1) is 0 Å². The summed E-state index contributed by atoms with van der Waals surface area (Å²) in [6.07, 6.45) is 4.58. The molecule has 0 saturated heterocycles. The maximum absolute atomic E-state index is 11.4. The van der Waals surface area contributed by atoms with E-state index < -0.39 is 10.0 Å². The maximum Gasteiger partial charge on any atom is 0.233 e. The van der Waals surface area contributed by atoms with E-state index in [0.29, 0.717) is 0 Å². The number of likely N-dealkylation sites (N-methyl/N-ethyl adjacent to an activating group) is 1. The summed E-state index contributed by atoms with van der Waals surface area (Å²) in [5.74, 6) is 0. The number of sulfonamides is 1. The molecule has 0 spiro atoms. The standard InChI is InChI=1S/C15H21N3O2S/c1-16-21(19,20)9-7-12-4-5-15-14(10-12)13(11-17-15)6-8-18(2)3/h4-5,7,9-11,16-17H,6,8H2,1-3H3/b9-7+. The van der Waals surface area contributed by atoms with Crippen LogP contribution < -0.4 is 4.72 Å². The number of aromatic nitrogens is 1. The number of aromatic amines is 1. The van der Waals surface area contributed by atoms with Crippen LogP contribution in [0.4, 0.5) is 0 Å². The lowest BCUT2D eigenvalue weighted by Crippen LogP contribution is -2.14. The highest BCUT2D eigenvalue weighted by Crippen LogP contribution is 2.21. The van der Waals surface area contributed by atoms with Gasteiger partial charge in [-0.15, -0.1) is 0 Å². The smallest absolute Gasteiger partial charge is 0.233 e. The van der Waals surface area contributed by atoms with Crippen LogP contribution in [0.1, 0.15) is 11.1 Å². The van der Waals surface area contributed by atoms with E-state index in [1.54, 1.807) is 6.08 Å². The number of benzene rings is 1. The fourth-order valence-corrected chi connectivity index (χ4v) is 2.56. The summed E-state index contributed by atoms with van der Waals surface area (Å²) in [6.45, 7) is 0.973. The van der Waals surface area contributed by atoms with Gasteiger partial charge >= 0.3 is 0 Å². The Balaban J connectivity index is 2.29. The molecule has 0 bridgehead atoms. The first kappa shape index (κ1) is 15.8. The molecule has 0 aliphatic carbocycles. The van der Waals surface area contributed by atoms with Gasteiger partial charge in [-0.1, -0.05) is 6.07 Å². The second-order valence-corrected chi connectivity index (χ2v) is 6.99. The molecule has 2 rings (SSSR count). The van der Waals surface area contributed by atoms with E-state index in [9.17, 15) is 8.42 Å². The van der Waals surface area contributed by atoms with Crippen molar-refractivity contribution in [3.8, 4) is 0 Å². The van der Waals surface area contributed by atoms with Gasteiger partial charge in [-0.25, -0.2) is 13.1 Å². The van der Waals surface area contributed by atoms with E-state index in [0.717, 1.165) is 29.4 Å². The molecule has 5 nitrogen and oxygen atoms in total. The van der Waals surface area contributed by atoms with Gasteiger partial charge in [0.2, 0.25) is 10.0 Å². The number of fused-ring (bicyclic) bond motifs is 1. The molecule has 0 aliphatic heterocycles. The number of nitrogens with one attached hydrogen (secondary N) is 2. The number of hydrogen-bond acceptors (Lipinski definition) is 3. The van der Waals surface area contributed by atoms with Crippen molar-refractivity contribution in [3.63, 3.8) is 0 Å². The van der Waals surface area contributed by atoms with Crippen LogP contribution in [0.15, 0.2) is 29.8 Å². The molecule has 21 heavy (non-hydrogen) atoms. The summed E-state index contributed by atoms with van der Waals surface area (Å²) in [7, 11) is 2.16. The zero-order chi connectivity index (χ0) is 15.5. The number of nitrogens with zero attached hydrogens (tertiary/aromatic N) is 1. The highest BCUT2D eigenvalue weighted by molar-refractivity contribution is 7.92. The van der Waals surface area contributed by atoms with Gasteiger partial charge in [0, 0.05) is 29.1 Å². The van der Waals surface area contributed by atoms with Crippen molar-refractivity contribution in [3.05, 3.63) is 40.9 Å². The minimum absolute atomic E-state index is 0.868. The van der Waals surface area contributed by atoms with Gasteiger partial charge in [0.05, 0.1) is 0 Å². The average Bonchev–Trinajstić information content (AvgIpc) is 2.85. The van der Waals surface area contributed by atoms with Crippen molar-refractivity contribution in [2.24, 2.45) is 0 Å². The largest absolute Gasteiger partial charge is 0.361 e. The predicted octanol–water partition coefficient (Wildman–Crippen LogP) is 1.79. The molecule has 0 aliphatic rings. The molecule has 114 valence electrons. The summed E-state index contributed by atoms with van der Waals surface area (Å²) >= 11 is 0. The second kappa shape index (κ2) is 6.43. The first-order valence-electron chi connectivity index (χ1n) is 6.77. The first-order valence-corrected chi connectivity index (χ1v) is 8.32. The fraction of sp³-hybridized carbons (Fsp3) is 0.333. The van der Waals surface area contributed by atoms with Crippen molar-refractivity contribution >= 4 is 27.0 Å². The molecule has 1 aromatic heterocycles. The fourth-order valence-electron chi connectivity index (χ4n) is 2.09. The molecule has 1 aromatic carbocycles. The highest BCUT2D eigenvalue weighted by atomic mass is 32.2. The van der Waals surface area contributed by atoms with Gasteiger partial charge < -0.3 is 9.88 Å². The third-order valence-corrected chi connectivity index (χ3v) is 4.41. The molecular weight excluding hydrogens is 286 g/mol. The summed E-state index contributed by atoms with van der Waals surface area (Å²) < 4.78 is 25.1. The molecule has 0 saturated carbocycles. The Morgan fingerprint density at radius 1 is 1.33 bits per heavy atom. The molecule has 1 heterocycles. The predicted molar refractivity (Wildman–Crippen MR) is 87.6 cm³/mol. The van der Waals surface area contributed by atoms with Gasteiger partial charge in [-0.2, -0.15) is 0 Å². The molecular formula is C15H21N3O2S. The summed E-state index contributed by atoms with van der Waals surface area (Å²) in [5, 5.41) is 2.32. The van der Waals surface area contributed by atoms with E-state index in [1.165, 1.54) is 18.0 Å². The molecule has 0 amide bonds. The molecule has 2 N–H and O–H groups in total. The average molecular weight is 307 g/mol. The van der Waals surface area contributed by atoms with Crippen LogP contribution in [0.25, 0.3) is 17.0 Å². The van der Waals surface area contributed by atoms with Crippen molar-refractivity contribution in [2.75, 3.05) is 27.7 Å². The summed E-state index contributed by atoms with van der Waals surface area (Å²) in [5.41, 5.74) is 3.18. The summed E-state index contributed by atoms with van der Waals surface area (Å²) in [6, 6.07) is 5.88. The van der Waals surface area contributed by atoms with Gasteiger partial charge in [0.15, 0.2) is 0 Å². The van der Waals surface area contributed by atoms with Crippen LogP contribution in [0.2, 0.25) is 0 Å². The number of rotatable bonds is 6. The van der Waals surface area contributed by atoms with Crippen LogP contribution in [0.5, 0.6) is 0 Å². The number of H-pyrrole nitrogens is 1. The van der Waals surface area contributed by atoms with Crippen LogP contribution in [0.3, 0.4) is 0 Å². The quantitative estimate of drug-likeness (QED) is 0.855. The molecule has 0 unspecified atom stereocenters. The summed E-state index contributed by atoms with van der Waals surface area (Å²) in [4.78, 5) is 5.39. The van der Waals surface area contributed by atoms with Crippen molar-refractivity contribution in [1.29, 1.82) is 0 Å². The third-order valence-electron chi connectivity index (χ3n) is 3.34. The maximum atomic E-state index is 11.4. The monoisotopic (exact) mass is 307 g/mol. The van der Waals surface area contributed by atoms with E-state index in [2.05, 4.69) is 14.6 Å². The number of hydrogen-bond donors (Lipinski definition) is 2. The van der Waals surface area contributed by atoms with Crippen LogP contribution in [-0.2, 0) is 16.4 Å². The minimum atomic E-state index is -3.33. The van der Waals surface area contributed by atoms with Crippen LogP contribution in [-0.4, -0.2) is 46.0 Å².